The Kier molecular flexibility index (Phi) is 4.55. The molecule has 0 fully saturated rings. The van der Waals surface area contributed by atoms with Crippen molar-refractivity contribution in [1.82, 2.24) is 0 Å². The Hall–Kier alpha value is -1.88. The summed E-state index contributed by atoms with van der Waals surface area (Å²) in [5, 5.41) is 10.5. The van der Waals surface area contributed by atoms with Gasteiger partial charge < -0.3 is 14.6 Å². The van der Waals surface area contributed by atoms with Gasteiger partial charge in [-0.15, -0.1) is 0 Å². The minimum absolute atomic E-state index is 0.124. The minimum Gasteiger partial charge on any atom is -0.497 e. The molecule has 110 valence electrons. The smallest absolute Gasteiger partial charge is 0.351 e. The van der Waals surface area contributed by atoms with E-state index in [9.17, 15) is 14.7 Å². The van der Waals surface area contributed by atoms with Gasteiger partial charge in [0.1, 0.15) is 11.4 Å². The van der Waals surface area contributed by atoms with Gasteiger partial charge in [-0.2, -0.15) is 0 Å². The van der Waals surface area contributed by atoms with Crippen LogP contribution in [0.25, 0.3) is 0 Å². The van der Waals surface area contributed by atoms with Crippen molar-refractivity contribution < 1.29 is 24.2 Å². The molecule has 0 aliphatic heterocycles. The number of esters is 1. The average Bonchev–Trinajstić information content (AvgIpc) is 2.35. The molecule has 0 bridgehead atoms. The van der Waals surface area contributed by atoms with Crippen LogP contribution in [0.5, 0.6) is 5.75 Å². The van der Waals surface area contributed by atoms with Crippen LogP contribution in [0.15, 0.2) is 24.3 Å². The number of Topliss-reactive ketones (excluding diaryl/α,β-unsaturated/α-hetero) is 1. The molecule has 0 heterocycles. The number of hydrogen-bond acceptors (Lipinski definition) is 5. The highest BCUT2D eigenvalue weighted by atomic mass is 16.6. The Balaban J connectivity index is 3.27. The van der Waals surface area contributed by atoms with E-state index in [1.165, 1.54) is 19.2 Å². The number of ketones is 1. The second-order valence-electron chi connectivity index (χ2n) is 5.50. The van der Waals surface area contributed by atoms with Crippen molar-refractivity contribution in [3.8, 4) is 5.75 Å². The molecule has 0 aliphatic rings. The zero-order chi connectivity index (χ0) is 15.6. The van der Waals surface area contributed by atoms with E-state index < -0.39 is 23.0 Å². The van der Waals surface area contributed by atoms with Gasteiger partial charge in [0.15, 0.2) is 5.78 Å². The molecule has 0 saturated heterocycles. The van der Waals surface area contributed by atoms with Gasteiger partial charge in [0, 0.05) is 5.56 Å². The van der Waals surface area contributed by atoms with Crippen molar-refractivity contribution in [3.05, 3.63) is 29.8 Å². The Morgan fingerprint density at radius 1 is 1.20 bits per heavy atom. The van der Waals surface area contributed by atoms with Gasteiger partial charge in [-0.25, -0.2) is 4.79 Å². The Bertz CT molecular complexity index is 515. The Labute approximate surface area is 118 Å². The maximum absolute atomic E-state index is 12.2. The molecule has 1 aromatic carbocycles. The first kappa shape index (κ1) is 16.2. The second kappa shape index (κ2) is 5.63. The monoisotopic (exact) mass is 280 g/mol. The number of hydrogen-bond donors (Lipinski definition) is 1. The maximum atomic E-state index is 12.2. The van der Waals surface area contributed by atoms with E-state index >= 15 is 0 Å². The molecule has 1 unspecified atom stereocenters. The lowest BCUT2D eigenvalue weighted by atomic mass is 9.89. The maximum Gasteiger partial charge on any atom is 0.351 e. The van der Waals surface area contributed by atoms with Crippen LogP contribution in [0.1, 0.15) is 33.3 Å². The van der Waals surface area contributed by atoms with Crippen LogP contribution in [-0.4, -0.2) is 29.6 Å². The first-order valence-electron chi connectivity index (χ1n) is 6.22. The van der Waals surface area contributed by atoms with Crippen LogP contribution in [0.3, 0.4) is 0 Å². The summed E-state index contributed by atoms with van der Waals surface area (Å²) in [7, 11) is 1.46. The normalized spacial score (nSPS) is 14.3. The lowest BCUT2D eigenvalue weighted by molar-refractivity contribution is -0.180. The Morgan fingerprint density at radius 2 is 1.80 bits per heavy atom. The molecule has 0 amide bonds. The lowest BCUT2D eigenvalue weighted by Crippen LogP contribution is -2.46. The van der Waals surface area contributed by atoms with Crippen LogP contribution in [-0.2, 0) is 19.9 Å². The predicted molar refractivity (Wildman–Crippen MR) is 73.4 cm³/mol. The highest BCUT2D eigenvalue weighted by Gasteiger charge is 2.46. The molecular weight excluding hydrogens is 260 g/mol. The Morgan fingerprint density at radius 3 is 2.25 bits per heavy atom. The first-order chi connectivity index (χ1) is 9.11. The quantitative estimate of drug-likeness (QED) is 0.672. The van der Waals surface area contributed by atoms with E-state index in [2.05, 4.69) is 0 Å². The highest BCUT2D eigenvalue weighted by Crippen LogP contribution is 2.29. The molecule has 0 aliphatic carbocycles. The van der Waals surface area contributed by atoms with Crippen LogP contribution in [0.4, 0.5) is 0 Å². The van der Waals surface area contributed by atoms with Crippen LogP contribution >= 0.6 is 0 Å². The summed E-state index contributed by atoms with van der Waals surface area (Å²) >= 11 is 0. The number of ether oxygens (including phenoxy) is 2. The topological polar surface area (TPSA) is 72.8 Å². The van der Waals surface area contributed by atoms with Crippen molar-refractivity contribution in [1.29, 1.82) is 0 Å². The molecule has 1 atom stereocenters. The van der Waals surface area contributed by atoms with Gasteiger partial charge in [-0.1, -0.05) is 12.1 Å². The first-order valence-corrected chi connectivity index (χ1v) is 6.22. The summed E-state index contributed by atoms with van der Waals surface area (Å²) in [6.07, 6.45) is 0. The third-order valence-electron chi connectivity index (χ3n) is 2.69. The van der Waals surface area contributed by atoms with Gasteiger partial charge in [0.2, 0.25) is 5.60 Å². The standard InChI is InChI=1S/C15H20O5/c1-10(16)15(18,13(17)20-14(2,3)4)11-7-6-8-12(9-11)19-5/h6-9,18H,1-5H3. The molecule has 0 aromatic heterocycles. The highest BCUT2D eigenvalue weighted by molar-refractivity contribution is 6.06. The van der Waals surface area contributed by atoms with Crippen LogP contribution < -0.4 is 4.74 Å². The van der Waals surface area contributed by atoms with Crippen LogP contribution in [0.2, 0.25) is 0 Å². The summed E-state index contributed by atoms with van der Waals surface area (Å²) in [6.45, 7) is 6.13. The van der Waals surface area contributed by atoms with E-state index in [-0.39, 0.29) is 5.56 Å². The number of rotatable bonds is 4. The van der Waals surface area contributed by atoms with Crippen molar-refractivity contribution in [2.45, 2.75) is 38.9 Å². The van der Waals surface area contributed by atoms with E-state index in [0.717, 1.165) is 6.92 Å². The fourth-order valence-corrected chi connectivity index (χ4v) is 1.66. The molecule has 5 heteroatoms. The molecule has 1 rings (SSSR count). The van der Waals surface area contributed by atoms with Gasteiger partial charge in [0.25, 0.3) is 0 Å². The van der Waals surface area contributed by atoms with Gasteiger partial charge >= 0.3 is 5.97 Å². The van der Waals surface area contributed by atoms with E-state index in [1.807, 2.05) is 0 Å². The number of carbonyl (C=O) groups is 2. The fraction of sp³-hybridized carbons (Fsp3) is 0.467. The largest absolute Gasteiger partial charge is 0.497 e. The third-order valence-corrected chi connectivity index (χ3v) is 2.69. The molecule has 0 saturated carbocycles. The zero-order valence-electron chi connectivity index (χ0n) is 12.4. The second-order valence-corrected chi connectivity index (χ2v) is 5.50. The fourth-order valence-electron chi connectivity index (χ4n) is 1.66. The number of methoxy groups -OCH3 is 1. The lowest BCUT2D eigenvalue weighted by Gasteiger charge is -2.28. The molecular formula is C15H20O5. The molecule has 1 N–H and O–H groups in total. The summed E-state index contributed by atoms with van der Waals surface area (Å²) in [6, 6.07) is 6.16. The van der Waals surface area contributed by atoms with Gasteiger partial charge in [-0.05, 0) is 39.8 Å². The van der Waals surface area contributed by atoms with Crippen molar-refractivity contribution >= 4 is 11.8 Å². The molecule has 20 heavy (non-hydrogen) atoms. The number of benzene rings is 1. The van der Waals surface area contributed by atoms with Gasteiger partial charge in [0.05, 0.1) is 7.11 Å². The minimum atomic E-state index is -2.33. The van der Waals surface area contributed by atoms with E-state index in [4.69, 9.17) is 9.47 Å². The average molecular weight is 280 g/mol. The van der Waals surface area contributed by atoms with E-state index in [1.54, 1.807) is 32.9 Å². The summed E-state index contributed by atoms with van der Waals surface area (Å²) in [5.41, 5.74) is -3.01. The van der Waals surface area contributed by atoms with E-state index in [0.29, 0.717) is 5.75 Å². The summed E-state index contributed by atoms with van der Waals surface area (Å²) in [4.78, 5) is 24.0. The molecule has 5 nitrogen and oxygen atoms in total. The molecule has 0 radical (unpaired) electrons. The summed E-state index contributed by atoms with van der Waals surface area (Å²) < 4.78 is 10.2. The van der Waals surface area contributed by atoms with Crippen molar-refractivity contribution in [2.24, 2.45) is 0 Å². The zero-order valence-corrected chi connectivity index (χ0v) is 12.4. The van der Waals surface area contributed by atoms with Crippen LogP contribution in [0, 0.1) is 0 Å². The molecule has 0 spiro atoms. The predicted octanol–water partition coefficient (Wildman–Crippen LogP) is 1.81. The van der Waals surface area contributed by atoms with Gasteiger partial charge in [-0.3, -0.25) is 4.79 Å². The van der Waals surface area contributed by atoms with Crippen molar-refractivity contribution in [3.63, 3.8) is 0 Å². The third kappa shape index (κ3) is 3.36. The summed E-state index contributed by atoms with van der Waals surface area (Å²) in [5.74, 6) is -1.27. The molecule has 1 aromatic rings. The van der Waals surface area contributed by atoms with Crippen molar-refractivity contribution in [2.75, 3.05) is 7.11 Å². The number of carbonyl (C=O) groups excluding carboxylic acids is 2. The SMILES string of the molecule is COc1cccc(C(O)(C(C)=O)C(=O)OC(C)(C)C)c1. The number of aliphatic hydroxyl groups is 1.